The van der Waals surface area contributed by atoms with Crippen molar-refractivity contribution in [3.63, 3.8) is 0 Å². The van der Waals surface area contributed by atoms with Gasteiger partial charge in [0.25, 0.3) is 0 Å². The maximum atomic E-state index is 3.61. The molecule has 0 aliphatic heterocycles. The Balaban J connectivity index is 1.92. The fourth-order valence-corrected chi connectivity index (χ4v) is 4.92. The van der Waals surface area contributed by atoms with Crippen LogP contribution in [0.2, 0.25) is 0 Å². The van der Waals surface area contributed by atoms with E-state index < -0.39 is 0 Å². The maximum Gasteiger partial charge on any atom is 0.0251 e. The van der Waals surface area contributed by atoms with Crippen molar-refractivity contribution < 1.29 is 0 Å². The van der Waals surface area contributed by atoms with Crippen LogP contribution in [-0.2, 0) is 0 Å². The molecular weight excluding hydrogens is 256 g/mol. The van der Waals surface area contributed by atoms with Crippen molar-refractivity contribution in [3.05, 3.63) is 0 Å². The van der Waals surface area contributed by atoms with E-state index in [-0.39, 0.29) is 0 Å². The summed E-state index contributed by atoms with van der Waals surface area (Å²) >= 11 is 0. The van der Waals surface area contributed by atoms with Gasteiger partial charge in [-0.15, -0.1) is 0 Å². The minimum absolute atomic E-state index is 0.715. The average molecular weight is 295 g/mol. The molecule has 124 valence electrons. The Morgan fingerprint density at radius 3 is 2.19 bits per heavy atom. The van der Waals surface area contributed by atoms with Crippen LogP contribution in [0.4, 0.5) is 0 Å². The summed E-state index contributed by atoms with van der Waals surface area (Å²) in [5.74, 6) is 1.98. The van der Waals surface area contributed by atoms with Gasteiger partial charge in [-0.1, -0.05) is 33.1 Å². The van der Waals surface area contributed by atoms with Crippen LogP contribution >= 0.6 is 0 Å². The second-order valence-corrected chi connectivity index (χ2v) is 7.68. The molecule has 0 spiro atoms. The van der Waals surface area contributed by atoms with Crippen LogP contribution in [0.5, 0.6) is 0 Å². The number of rotatable bonds is 6. The first kappa shape index (κ1) is 17.3. The zero-order valence-electron chi connectivity index (χ0n) is 14.9. The van der Waals surface area contributed by atoms with Gasteiger partial charge in [-0.3, -0.25) is 4.90 Å². The van der Waals surface area contributed by atoms with E-state index in [4.69, 9.17) is 0 Å². The standard InChI is InChI=1S/C19H38N2/c1-5-7-16-10-13-18(20-3)19(14-16)21(4)17-11-8-15(6-2)9-12-17/h15-20H,5-14H2,1-4H3. The van der Waals surface area contributed by atoms with Crippen LogP contribution in [0, 0.1) is 11.8 Å². The second-order valence-electron chi connectivity index (χ2n) is 7.68. The summed E-state index contributed by atoms with van der Waals surface area (Å²) in [6.45, 7) is 4.71. The largest absolute Gasteiger partial charge is 0.315 e. The van der Waals surface area contributed by atoms with Gasteiger partial charge in [0.15, 0.2) is 0 Å². The first-order valence-electron chi connectivity index (χ1n) is 9.58. The Kier molecular flexibility index (Phi) is 7.01. The average Bonchev–Trinajstić information content (AvgIpc) is 2.54. The number of nitrogens with one attached hydrogen (secondary N) is 1. The summed E-state index contributed by atoms with van der Waals surface area (Å²) in [6, 6.07) is 2.32. The van der Waals surface area contributed by atoms with Crippen molar-refractivity contribution in [2.24, 2.45) is 11.8 Å². The molecule has 2 saturated carbocycles. The van der Waals surface area contributed by atoms with Gasteiger partial charge in [0.05, 0.1) is 0 Å². The quantitative estimate of drug-likeness (QED) is 0.779. The molecule has 2 rings (SSSR count). The second kappa shape index (κ2) is 8.53. The molecule has 21 heavy (non-hydrogen) atoms. The topological polar surface area (TPSA) is 15.3 Å². The zero-order chi connectivity index (χ0) is 15.2. The maximum absolute atomic E-state index is 3.61. The SMILES string of the molecule is CCCC1CCC(NC)C(N(C)C2CCC(CC)CC2)C1. The molecule has 3 atom stereocenters. The predicted octanol–water partition coefficient (Wildman–Crippen LogP) is 4.44. The molecule has 0 heterocycles. The van der Waals surface area contributed by atoms with E-state index >= 15 is 0 Å². The van der Waals surface area contributed by atoms with Gasteiger partial charge in [-0.25, -0.2) is 0 Å². The van der Waals surface area contributed by atoms with Crippen LogP contribution < -0.4 is 5.32 Å². The minimum Gasteiger partial charge on any atom is -0.315 e. The molecule has 2 heteroatoms. The normalized spacial score (nSPS) is 37.9. The number of nitrogens with zero attached hydrogens (tertiary/aromatic N) is 1. The lowest BCUT2D eigenvalue weighted by molar-refractivity contribution is 0.0597. The first-order valence-corrected chi connectivity index (χ1v) is 9.58. The van der Waals surface area contributed by atoms with Gasteiger partial charge in [-0.2, -0.15) is 0 Å². The molecule has 1 N–H and O–H groups in total. The van der Waals surface area contributed by atoms with Crippen LogP contribution in [0.1, 0.15) is 78.1 Å². The smallest absolute Gasteiger partial charge is 0.0251 e. The van der Waals surface area contributed by atoms with Gasteiger partial charge in [0.2, 0.25) is 0 Å². The molecule has 0 radical (unpaired) electrons. The highest BCUT2D eigenvalue weighted by molar-refractivity contribution is 4.92. The Morgan fingerprint density at radius 2 is 1.62 bits per heavy atom. The molecule has 0 saturated heterocycles. The van der Waals surface area contributed by atoms with E-state index in [0.717, 1.165) is 23.9 Å². The summed E-state index contributed by atoms with van der Waals surface area (Å²) < 4.78 is 0. The van der Waals surface area contributed by atoms with Crippen molar-refractivity contribution in [1.29, 1.82) is 0 Å². The van der Waals surface area contributed by atoms with E-state index in [1.54, 1.807) is 0 Å². The van der Waals surface area contributed by atoms with Crippen LogP contribution in [0.3, 0.4) is 0 Å². The predicted molar refractivity (Wildman–Crippen MR) is 92.7 cm³/mol. The van der Waals surface area contributed by atoms with Crippen molar-refractivity contribution in [2.45, 2.75) is 96.2 Å². The molecular formula is C19H38N2. The van der Waals surface area contributed by atoms with Crippen LogP contribution in [0.25, 0.3) is 0 Å². The third kappa shape index (κ3) is 4.45. The zero-order valence-corrected chi connectivity index (χ0v) is 14.9. The van der Waals surface area contributed by atoms with Gasteiger partial charge < -0.3 is 5.32 Å². The van der Waals surface area contributed by atoms with Crippen LogP contribution in [-0.4, -0.2) is 37.1 Å². The minimum atomic E-state index is 0.715. The molecule has 0 aromatic rings. The summed E-state index contributed by atoms with van der Waals surface area (Å²) in [7, 11) is 4.58. The van der Waals surface area contributed by atoms with E-state index in [9.17, 15) is 0 Å². The molecule has 3 unspecified atom stereocenters. The highest BCUT2D eigenvalue weighted by Gasteiger charge is 2.35. The third-order valence-corrected chi connectivity index (χ3v) is 6.49. The first-order chi connectivity index (χ1) is 10.2. The van der Waals surface area contributed by atoms with Crippen molar-refractivity contribution >= 4 is 0 Å². The Labute approximate surface area is 133 Å². The van der Waals surface area contributed by atoms with Gasteiger partial charge in [0, 0.05) is 18.1 Å². The molecule has 0 aromatic carbocycles. The molecule has 0 amide bonds. The number of likely N-dealkylation sites (N-methyl/N-ethyl adjacent to an activating group) is 2. The van der Waals surface area contributed by atoms with E-state index in [2.05, 4.69) is 38.2 Å². The molecule has 2 aliphatic rings. The van der Waals surface area contributed by atoms with E-state index in [1.807, 2.05) is 0 Å². The van der Waals surface area contributed by atoms with Gasteiger partial charge >= 0.3 is 0 Å². The molecule has 2 fully saturated rings. The van der Waals surface area contributed by atoms with Crippen molar-refractivity contribution in [2.75, 3.05) is 14.1 Å². The lowest BCUT2D eigenvalue weighted by Crippen LogP contribution is -2.54. The molecule has 2 aliphatic carbocycles. The Bertz CT molecular complexity index is 283. The van der Waals surface area contributed by atoms with Crippen molar-refractivity contribution in [1.82, 2.24) is 10.2 Å². The van der Waals surface area contributed by atoms with Crippen LogP contribution in [0.15, 0.2) is 0 Å². The highest BCUT2D eigenvalue weighted by Crippen LogP contribution is 2.35. The Morgan fingerprint density at radius 1 is 0.952 bits per heavy atom. The number of hydrogen-bond donors (Lipinski definition) is 1. The van der Waals surface area contributed by atoms with Gasteiger partial charge in [-0.05, 0) is 70.9 Å². The number of hydrogen-bond acceptors (Lipinski definition) is 2. The van der Waals surface area contributed by atoms with E-state index in [0.29, 0.717) is 6.04 Å². The summed E-state index contributed by atoms with van der Waals surface area (Å²) in [5, 5.41) is 3.61. The van der Waals surface area contributed by atoms with Crippen molar-refractivity contribution in [3.8, 4) is 0 Å². The lowest BCUT2D eigenvalue weighted by atomic mass is 9.77. The molecule has 2 nitrogen and oxygen atoms in total. The summed E-state index contributed by atoms with van der Waals surface area (Å²) in [5.41, 5.74) is 0. The lowest BCUT2D eigenvalue weighted by Gasteiger charge is -2.46. The molecule has 0 aromatic heterocycles. The highest BCUT2D eigenvalue weighted by atomic mass is 15.2. The van der Waals surface area contributed by atoms with Gasteiger partial charge in [0.1, 0.15) is 0 Å². The third-order valence-electron chi connectivity index (χ3n) is 6.49. The Hall–Kier alpha value is -0.0800. The molecule has 0 bridgehead atoms. The van der Waals surface area contributed by atoms with E-state index in [1.165, 1.54) is 64.2 Å². The summed E-state index contributed by atoms with van der Waals surface area (Å²) in [6.07, 6.45) is 14.2. The summed E-state index contributed by atoms with van der Waals surface area (Å²) in [4.78, 5) is 2.77. The fourth-order valence-electron chi connectivity index (χ4n) is 4.92. The fraction of sp³-hybridized carbons (Fsp3) is 1.00. The monoisotopic (exact) mass is 294 g/mol.